The molecule has 0 saturated carbocycles. The minimum Gasteiger partial charge on any atom is -0.455 e. The normalized spacial score (nSPS) is 28.5. The Kier molecular flexibility index (Phi) is 9.51. The van der Waals surface area contributed by atoms with E-state index >= 15 is 0 Å². The van der Waals surface area contributed by atoms with Crippen LogP contribution >= 0.6 is 0 Å². The Morgan fingerprint density at radius 1 is 1.09 bits per heavy atom. The third-order valence-corrected chi connectivity index (χ3v) is 7.99. The molecule has 0 spiro atoms. The number of aromatic nitrogens is 1. The number of hydrogen-bond donors (Lipinski definition) is 3. The number of carbonyl (C=O) groups excluding carboxylic acids is 3. The topological polar surface area (TPSA) is 113 Å². The summed E-state index contributed by atoms with van der Waals surface area (Å²) in [6.45, 7) is 9.64. The molecular weight excluding hydrogens is 563 g/mol. The van der Waals surface area contributed by atoms with Crippen LogP contribution in [-0.2, 0) is 19.1 Å². The second-order valence-electron chi connectivity index (χ2n) is 12.3. The van der Waals surface area contributed by atoms with Gasteiger partial charge < -0.3 is 10.1 Å². The molecular formula is C31H40F3N5O4. The van der Waals surface area contributed by atoms with Crippen molar-refractivity contribution in [2.24, 2.45) is 11.3 Å². The molecule has 12 heteroatoms. The van der Waals surface area contributed by atoms with Gasteiger partial charge in [0, 0.05) is 17.3 Å². The zero-order chi connectivity index (χ0) is 31.7. The second kappa shape index (κ2) is 12.6. The molecule has 1 fully saturated rings. The SMILES string of the molecule is CC(C)C1NC(C(F)(F)F)C(C)(C)/C=C/c2ccc3ccc(nc3c2)[C@@H](C)OC(=O)[C@@H]2CCCN(N2)C(=O)[C@H](C)NC1=O. The highest BCUT2D eigenvalue weighted by atomic mass is 19.4. The van der Waals surface area contributed by atoms with Crippen molar-refractivity contribution in [3.63, 3.8) is 0 Å². The number of amides is 2. The summed E-state index contributed by atoms with van der Waals surface area (Å²) in [5.74, 6) is -2.32. The van der Waals surface area contributed by atoms with Gasteiger partial charge in [0.2, 0.25) is 5.91 Å². The van der Waals surface area contributed by atoms with Crippen molar-refractivity contribution in [3.8, 4) is 0 Å². The number of hydrazine groups is 1. The fourth-order valence-electron chi connectivity index (χ4n) is 5.40. The molecule has 3 heterocycles. The van der Waals surface area contributed by atoms with Gasteiger partial charge in [-0.2, -0.15) is 13.2 Å². The van der Waals surface area contributed by atoms with Crippen molar-refractivity contribution in [2.75, 3.05) is 6.54 Å². The lowest BCUT2D eigenvalue weighted by molar-refractivity contribution is -0.177. The van der Waals surface area contributed by atoms with Gasteiger partial charge >= 0.3 is 12.1 Å². The van der Waals surface area contributed by atoms with Gasteiger partial charge in [-0.05, 0) is 50.3 Å². The molecule has 2 unspecified atom stereocenters. The molecule has 5 bridgehead atoms. The van der Waals surface area contributed by atoms with Crippen molar-refractivity contribution in [1.29, 1.82) is 0 Å². The van der Waals surface area contributed by atoms with E-state index in [0.717, 1.165) is 5.39 Å². The largest absolute Gasteiger partial charge is 0.455 e. The predicted octanol–water partition coefficient (Wildman–Crippen LogP) is 4.44. The van der Waals surface area contributed by atoms with Gasteiger partial charge in [-0.25, -0.2) is 10.4 Å². The van der Waals surface area contributed by atoms with Crippen LogP contribution in [0, 0.1) is 11.3 Å². The molecule has 2 amide bonds. The molecule has 0 radical (unpaired) electrons. The summed E-state index contributed by atoms with van der Waals surface area (Å²) in [6.07, 6.45) is -1.36. The number of nitrogens with one attached hydrogen (secondary N) is 3. The van der Waals surface area contributed by atoms with Crippen LogP contribution in [0.1, 0.15) is 71.7 Å². The zero-order valence-corrected chi connectivity index (χ0v) is 25.3. The highest BCUT2D eigenvalue weighted by molar-refractivity contribution is 5.90. The Morgan fingerprint density at radius 3 is 2.47 bits per heavy atom. The molecule has 0 aliphatic carbocycles. The molecule has 9 nitrogen and oxygen atoms in total. The first-order valence-electron chi connectivity index (χ1n) is 14.6. The summed E-state index contributed by atoms with van der Waals surface area (Å²) in [7, 11) is 0. The van der Waals surface area contributed by atoms with Gasteiger partial charge in [0.05, 0.1) is 17.3 Å². The summed E-state index contributed by atoms with van der Waals surface area (Å²) in [5, 5.41) is 7.21. The molecule has 2 aliphatic rings. The Labute approximate surface area is 249 Å². The van der Waals surface area contributed by atoms with E-state index in [1.807, 2.05) is 12.1 Å². The van der Waals surface area contributed by atoms with Crippen LogP contribution in [-0.4, -0.2) is 64.7 Å². The van der Waals surface area contributed by atoms with E-state index in [2.05, 4.69) is 21.0 Å². The number of fused-ring (bicyclic) bond motifs is 4. The van der Waals surface area contributed by atoms with Crippen molar-refractivity contribution in [1.82, 2.24) is 26.1 Å². The molecule has 1 saturated heterocycles. The number of ether oxygens (including phenoxy) is 1. The van der Waals surface area contributed by atoms with Crippen LogP contribution in [0.2, 0.25) is 0 Å². The quantitative estimate of drug-likeness (QED) is 0.414. The highest BCUT2D eigenvalue weighted by Crippen LogP contribution is 2.36. The fraction of sp³-hybridized carbons (Fsp3) is 0.548. The molecule has 234 valence electrons. The number of carbonyl (C=O) groups is 3. The number of nitrogens with zero attached hydrogens (tertiary/aromatic N) is 2. The van der Waals surface area contributed by atoms with Crippen LogP contribution in [0.3, 0.4) is 0 Å². The maximum Gasteiger partial charge on any atom is 0.404 e. The first-order valence-corrected chi connectivity index (χ1v) is 14.6. The average Bonchev–Trinajstić information content (AvgIpc) is 2.93. The van der Waals surface area contributed by atoms with E-state index in [0.29, 0.717) is 29.6 Å². The van der Waals surface area contributed by atoms with Gasteiger partial charge in [0.15, 0.2) is 0 Å². The Hall–Kier alpha value is -3.51. The number of benzene rings is 1. The van der Waals surface area contributed by atoms with Crippen LogP contribution in [0.15, 0.2) is 36.4 Å². The minimum atomic E-state index is -4.69. The van der Waals surface area contributed by atoms with E-state index in [-0.39, 0.29) is 6.54 Å². The molecule has 43 heavy (non-hydrogen) atoms. The van der Waals surface area contributed by atoms with Gasteiger partial charge in [-0.15, -0.1) is 0 Å². The summed E-state index contributed by atoms with van der Waals surface area (Å²) >= 11 is 0. The lowest BCUT2D eigenvalue weighted by atomic mass is 9.82. The zero-order valence-electron chi connectivity index (χ0n) is 25.3. The van der Waals surface area contributed by atoms with Crippen LogP contribution in [0.4, 0.5) is 13.2 Å². The molecule has 1 aromatic heterocycles. The fourth-order valence-corrected chi connectivity index (χ4v) is 5.40. The van der Waals surface area contributed by atoms with Crippen molar-refractivity contribution < 1.29 is 32.3 Å². The summed E-state index contributed by atoms with van der Waals surface area (Å²) < 4.78 is 49.3. The van der Waals surface area contributed by atoms with E-state index < -0.39 is 65.6 Å². The standard InChI is InChI=1S/C31H40F3N5O4/c1-17(2)25-26(40)35-18(3)27(41)39-15-7-8-23(38-39)28(42)43-19(4)22-12-11-21-10-9-20(16-24(21)36-22)13-14-30(5,6)29(37-25)31(32,33)34/h9-14,16-19,23,25,29,37-38H,7-8,15H2,1-6H3,(H,35,40)/b14-13+/t18-,19+,23-,25?,29?/m0/s1. The molecule has 2 aromatic rings. The second-order valence-corrected chi connectivity index (χ2v) is 12.3. The van der Waals surface area contributed by atoms with Gasteiger partial charge in [0.25, 0.3) is 5.91 Å². The third-order valence-electron chi connectivity index (χ3n) is 7.99. The lowest BCUT2D eigenvalue weighted by Crippen LogP contribution is -2.63. The molecule has 2 aliphatic heterocycles. The number of pyridine rings is 1. The third kappa shape index (κ3) is 7.53. The van der Waals surface area contributed by atoms with E-state index in [1.54, 1.807) is 45.0 Å². The van der Waals surface area contributed by atoms with E-state index in [4.69, 9.17) is 4.74 Å². The maximum atomic E-state index is 14.5. The smallest absolute Gasteiger partial charge is 0.404 e. The molecule has 1 aromatic carbocycles. The first-order chi connectivity index (χ1) is 20.1. The Balaban J connectivity index is 1.76. The number of rotatable bonds is 1. The van der Waals surface area contributed by atoms with E-state index in [1.165, 1.54) is 31.9 Å². The van der Waals surface area contributed by atoms with Crippen LogP contribution in [0.25, 0.3) is 17.0 Å². The monoisotopic (exact) mass is 603 g/mol. The number of alkyl halides is 3. The lowest BCUT2D eigenvalue weighted by Gasteiger charge is -2.38. The highest BCUT2D eigenvalue weighted by Gasteiger charge is 2.50. The van der Waals surface area contributed by atoms with Crippen LogP contribution < -0.4 is 16.1 Å². The Morgan fingerprint density at radius 2 is 1.79 bits per heavy atom. The Bertz CT molecular complexity index is 1390. The molecule has 4 rings (SSSR count). The van der Waals surface area contributed by atoms with E-state index in [9.17, 15) is 27.6 Å². The summed E-state index contributed by atoms with van der Waals surface area (Å²) in [6, 6.07) is 3.79. The van der Waals surface area contributed by atoms with Crippen molar-refractivity contribution in [3.05, 3.63) is 47.7 Å². The molecule has 3 N–H and O–H groups in total. The number of esters is 1. The van der Waals surface area contributed by atoms with Gasteiger partial charge in [-0.1, -0.05) is 58.0 Å². The number of cyclic esters (lactones) is 1. The number of hydrogen-bond acceptors (Lipinski definition) is 7. The first kappa shape index (κ1) is 32.4. The van der Waals surface area contributed by atoms with Crippen LogP contribution in [0.5, 0.6) is 0 Å². The molecule has 5 atom stereocenters. The predicted molar refractivity (Wildman–Crippen MR) is 156 cm³/mol. The minimum absolute atomic E-state index is 0.287. The number of halogens is 3. The summed E-state index contributed by atoms with van der Waals surface area (Å²) in [5.41, 5.74) is 3.17. The van der Waals surface area contributed by atoms with Gasteiger partial charge in [-0.3, -0.25) is 24.7 Å². The summed E-state index contributed by atoms with van der Waals surface area (Å²) in [4.78, 5) is 44.3. The van der Waals surface area contributed by atoms with Gasteiger partial charge in [0.1, 0.15) is 24.2 Å². The maximum absolute atomic E-state index is 14.5. The van der Waals surface area contributed by atoms with Crippen molar-refractivity contribution >= 4 is 34.8 Å². The van der Waals surface area contributed by atoms with Crippen molar-refractivity contribution in [2.45, 2.75) is 90.8 Å². The average molecular weight is 604 g/mol.